The number of aryl methyl sites for hydroxylation is 1. The van der Waals surface area contributed by atoms with E-state index in [1.807, 2.05) is 13.8 Å². The molecule has 1 aromatic heterocycles. The van der Waals surface area contributed by atoms with Gasteiger partial charge in [0, 0.05) is 24.4 Å². The molecule has 0 fully saturated rings. The zero-order valence-corrected chi connectivity index (χ0v) is 13.1. The summed E-state index contributed by atoms with van der Waals surface area (Å²) in [6.45, 7) is 14.0. The van der Waals surface area contributed by atoms with Gasteiger partial charge in [-0.25, -0.2) is 9.97 Å². The first-order chi connectivity index (χ1) is 9.04. The molecular formula is C15H27N3O. The van der Waals surface area contributed by atoms with Gasteiger partial charge >= 0.3 is 0 Å². The van der Waals surface area contributed by atoms with Gasteiger partial charge in [-0.1, -0.05) is 13.8 Å². The van der Waals surface area contributed by atoms with Gasteiger partial charge in [0.1, 0.15) is 11.4 Å². The first kappa shape index (κ1) is 15.9. The molecule has 0 aliphatic carbocycles. The molecule has 1 aromatic rings. The predicted octanol–water partition coefficient (Wildman–Crippen LogP) is 3.58. The topological polar surface area (TPSA) is 47.0 Å². The number of hydrogen-bond acceptors (Lipinski definition) is 4. The summed E-state index contributed by atoms with van der Waals surface area (Å²) >= 11 is 0. The number of ether oxygens (including phenoxy) is 1. The van der Waals surface area contributed by atoms with Crippen LogP contribution in [-0.2, 0) is 10.3 Å². The van der Waals surface area contributed by atoms with Gasteiger partial charge in [-0.05, 0) is 40.5 Å². The molecule has 0 radical (unpaired) electrons. The van der Waals surface area contributed by atoms with Crippen LogP contribution in [0.15, 0.2) is 0 Å². The van der Waals surface area contributed by atoms with E-state index in [0.29, 0.717) is 6.61 Å². The number of aromatic nitrogens is 2. The molecule has 4 heteroatoms. The molecule has 0 aliphatic heterocycles. The summed E-state index contributed by atoms with van der Waals surface area (Å²) in [5.41, 5.74) is 1.77. The summed E-state index contributed by atoms with van der Waals surface area (Å²) in [5, 5.41) is 3.31. The normalized spacial score (nSPS) is 11.7. The highest BCUT2D eigenvalue weighted by Gasteiger charge is 2.33. The molecule has 0 bridgehead atoms. The van der Waals surface area contributed by atoms with Crippen molar-refractivity contribution < 1.29 is 4.74 Å². The Morgan fingerprint density at radius 1 is 1.05 bits per heavy atom. The monoisotopic (exact) mass is 265 g/mol. The zero-order valence-electron chi connectivity index (χ0n) is 13.1. The molecule has 4 nitrogen and oxygen atoms in total. The smallest absolute Gasteiger partial charge is 0.162 e. The van der Waals surface area contributed by atoms with Gasteiger partial charge in [-0.3, -0.25) is 0 Å². The zero-order chi connectivity index (χ0) is 14.5. The van der Waals surface area contributed by atoms with E-state index in [1.165, 1.54) is 0 Å². The van der Waals surface area contributed by atoms with E-state index in [-0.39, 0.29) is 5.60 Å². The van der Waals surface area contributed by atoms with Crippen molar-refractivity contribution in [1.82, 2.24) is 9.97 Å². The molecular weight excluding hydrogens is 238 g/mol. The molecule has 108 valence electrons. The van der Waals surface area contributed by atoms with Gasteiger partial charge in [0.2, 0.25) is 0 Å². The predicted molar refractivity (Wildman–Crippen MR) is 79.6 cm³/mol. The van der Waals surface area contributed by atoms with Crippen LogP contribution in [-0.4, -0.2) is 23.1 Å². The van der Waals surface area contributed by atoms with Gasteiger partial charge in [0.15, 0.2) is 5.82 Å². The molecule has 1 rings (SSSR count). The molecule has 1 heterocycles. The molecule has 0 atom stereocenters. The Hall–Kier alpha value is -1.16. The SMILES string of the molecule is CCNc1nc(C(CC)(CC)OCC)nc(C)c1C. The van der Waals surface area contributed by atoms with E-state index in [1.54, 1.807) is 0 Å². The van der Waals surface area contributed by atoms with E-state index in [2.05, 4.69) is 38.0 Å². The Morgan fingerprint density at radius 3 is 2.16 bits per heavy atom. The first-order valence-electron chi connectivity index (χ1n) is 7.28. The highest BCUT2D eigenvalue weighted by Crippen LogP contribution is 2.32. The second-order valence-electron chi connectivity index (χ2n) is 4.77. The van der Waals surface area contributed by atoms with Gasteiger partial charge in [-0.2, -0.15) is 0 Å². The lowest BCUT2D eigenvalue weighted by molar-refractivity contribution is -0.0571. The van der Waals surface area contributed by atoms with Gasteiger partial charge in [0.25, 0.3) is 0 Å². The Balaban J connectivity index is 3.31. The molecule has 0 amide bonds. The molecule has 19 heavy (non-hydrogen) atoms. The lowest BCUT2D eigenvalue weighted by Crippen LogP contribution is -2.31. The van der Waals surface area contributed by atoms with Crippen molar-refractivity contribution in [2.45, 2.75) is 60.0 Å². The van der Waals surface area contributed by atoms with E-state index < -0.39 is 0 Å². The molecule has 0 saturated carbocycles. The van der Waals surface area contributed by atoms with Crippen LogP contribution >= 0.6 is 0 Å². The Labute approximate surface area is 117 Å². The number of anilines is 1. The Morgan fingerprint density at radius 2 is 1.68 bits per heavy atom. The van der Waals surface area contributed by atoms with Crippen LogP contribution in [0.3, 0.4) is 0 Å². The van der Waals surface area contributed by atoms with Gasteiger partial charge in [0.05, 0.1) is 0 Å². The number of rotatable bonds is 7. The van der Waals surface area contributed by atoms with Crippen molar-refractivity contribution in [1.29, 1.82) is 0 Å². The van der Waals surface area contributed by atoms with Crippen molar-refractivity contribution in [3.05, 3.63) is 17.1 Å². The van der Waals surface area contributed by atoms with Crippen LogP contribution in [0, 0.1) is 13.8 Å². The molecule has 0 saturated heterocycles. The molecule has 1 N–H and O–H groups in total. The molecule has 0 unspecified atom stereocenters. The third-order valence-electron chi connectivity index (χ3n) is 3.70. The largest absolute Gasteiger partial charge is 0.370 e. The van der Waals surface area contributed by atoms with Crippen LogP contribution in [0.2, 0.25) is 0 Å². The van der Waals surface area contributed by atoms with Crippen LogP contribution < -0.4 is 5.32 Å². The average Bonchev–Trinajstić information content (AvgIpc) is 2.41. The lowest BCUT2D eigenvalue weighted by Gasteiger charge is -2.30. The molecule has 0 aliphatic rings. The lowest BCUT2D eigenvalue weighted by atomic mass is 9.95. The van der Waals surface area contributed by atoms with E-state index >= 15 is 0 Å². The van der Waals surface area contributed by atoms with Crippen LogP contribution in [0.4, 0.5) is 5.82 Å². The number of hydrogen-bond donors (Lipinski definition) is 1. The van der Waals surface area contributed by atoms with Crippen LogP contribution in [0.1, 0.15) is 57.6 Å². The Kier molecular flexibility index (Phi) is 5.73. The van der Waals surface area contributed by atoms with E-state index in [4.69, 9.17) is 9.72 Å². The van der Waals surface area contributed by atoms with Crippen molar-refractivity contribution in [2.24, 2.45) is 0 Å². The first-order valence-corrected chi connectivity index (χ1v) is 7.28. The average molecular weight is 265 g/mol. The van der Waals surface area contributed by atoms with Crippen molar-refractivity contribution in [2.75, 3.05) is 18.5 Å². The molecule has 0 aromatic carbocycles. The van der Waals surface area contributed by atoms with Crippen LogP contribution in [0.5, 0.6) is 0 Å². The maximum atomic E-state index is 5.99. The van der Waals surface area contributed by atoms with Gasteiger partial charge in [-0.15, -0.1) is 0 Å². The van der Waals surface area contributed by atoms with Crippen molar-refractivity contribution in [3.8, 4) is 0 Å². The fourth-order valence-corrected chi connectivity index (χ4v) is 2.28. The Bertz CT molecular complexity index is 414. The van der Waals surface area contributed by atoms with Crippen molar-refractivity contribution in [3.63, 3.8) is 0 Å². The van der Waals surface area contributed by atoms with Crippen LogP contribution in [0.25, 0.3) is 0 Å². The summed E-state index contributed by atoms with van der Waals surface area (Å²) in [7, 11) is 0. The second-order valence-corrected chi connectivity index (χ2v) is 4.77. The fraction of sp³-hybridized carbons (Fsp3) is 0.733. The van der Waals surface area contributed by atoms with Gasteiger partial charge < -0.3 is 10.1 Å². The minimum absolute atomic E-state index is 0.364. The summed E-state index contributed by atoms with van der Waals surface area (Å²) in [6, 6.07) is 0. The van der Waals surface area contributed by atoms with E-state index in [9.17, 15) is 0 Å². The van der Waals surface area contributed by atoms with Crippen molar-refractivity contribution >= 4 is 5.82 Å². The fourth-order valence-electron chi connectivity index (χ4n) is 2.28. The second kappa shape index (κ2) is 6.85. The number of nitrogens with zero attached hydrogens (tertiary/aromatic N) is 2. The third-order valence-corrected chi connectivity index (χ3v) is 3.70. The van der Waals surface area contributed by atoms with E-state index in [0.717, 1.165) is 42.3 Å². The summed E-state index contributed by atoms with van der Waals surface area (Å²) < 4.78 is 5.99. The summed E-state index contributed by atoms with van der Waals surface area (Å²) in [6.07, 6.45) is 1.76. The highest BCUT2D eigenvalue weighted by molar-refractivity contribution is 5.45. The number of nitrogens with one attached hydrogen (secondary N) is 1. The third kappa shape index (κ3) is 3.24. The summed E-state index contributed by atoms with van der Waals surface area (Å²) in [4.78, 5) is 9.38. The quantitative estimate of drug-likeness (QED) is 0.818. The highest BCUT2D eigenvalue weighted by atomic mass is 16.5. The maximum absolute atomic E-state index is 5.99. The maximum Gasteiger partial charge on any atom is 0.162 e. The standard InChI is InChI=1S/C15H27N3O/c1-7-15(8-2,19-10-4)14-17-12(6)11(5)13(18-14)16-9-3/h7-10H2,1-6H3,(H,16,17,18). The molecule has 0 spiro atoms. The summed E-state index contributed by atoms with van der Waals surface area (Å²) in [5.74, 6) is 1.73. The minimum atomic E-state index is -0.364. The minimum Gasteiger partial charge on any atom is -0.370 e.